The summed E-state index contributed by atoms with van der Waals surface area (Å²) in [5.74, 6) is 2.27. The summed E-state index contributed by atoms with van der Waals surface area (Å²) in [7, 11) is 0. The maximum Gasteiger partial charge on any atom is 0.321 e. The van der Waals surface area contributed by atoms with Gasteiger partial charge in [-0.3, -0.25) is 0 Å². The molecule has 0 saturated carbocycles. The topological polar surface area (TPSA) is 63.3 Å². The van der Waals surface area contributed by atoms with Gasteiger partial charge in [-0.25, -0.2) is 4.79 Å². The largest absolute Gasteiger partial charge is 0.492 e. The highest BCUT2D eigenvalue weighted by molar-refractivity contribution is 5.90. The van der Waals surface area contributed by atoms with Crippen LogP contribution in [0.15, 0.2) is 42.5 Å². The predicted octanol–water partition coefficient (Wildman–Crippen LogP) is 3.21. The van der Waals surface area contributed by atoms with Crippen LogP contribution < -0.4 is 24.4 Å². The van der Waals surface area contributed by atoms with E-state index in [-0.39, 0.29) is 6.03 Å². The molecule has 0 unspecified atom stereocenters. The van der Waals surface area contributed by atoms with Crippen molar-refractivity contribution in [2.24, 2.45) is 0 Å². The summed E-state index contributed by atoms with van der Waals surface area (Å²) in [4.78, 5) is 16.7. The van der Waals surface area contributed by atoms with Crippen molar-refractivity contribution in [3.63, 3.8) is 0 Å². The molecular formula is C21H25N3O4. The average molecular weight is 383 g/mol. The molecule has 4 rings (SSSR count). The number of anilines is 2. The summed E-state index contributed by atoms with van der Waals surface area (Å²) < 4.78 is 16.8. The van der Waals surface area contributed by atoms with Crippen LogP contribution in [0, 0.1) is 0 Å². The number of fused-ring (bicyclic) bond motifs is 1. The number of ether oxygens (including phenoxy) is 3. The molecule has 0 aliphatic carbocycles. The maximum absolute atomic E-state index is 12.6. The van der Waals surface area contributed by atoms with Crippen LogP contribution in [0.3, 0.4) is 0 Å². The summed E-state index contributed by atoms with van der Waals surface area (Å²) in [5, 5.41) is 2.96. The third-order valence-corrected chi connectivity index (χ3v) is 4.87. The average Bonchev–Trinajstić information content (AvgIpc) is 2.74. The van der Waals surface area contributed by atoms with Crippen LogP contribution in [-0.2, 0) is 0 Å². The van der Waals surface area contributed by atoms with E-state index in [1.54, 1.807) is 6.07 Å². The Bertz CT molecular complexity index is 834. The molecule has 1 N–H and O–H groups in total. The van der Waals surface area contributed by atoms with Gasteiger partial charge in [-0.1, -0.05) is 12.1 Å². The van der Waals surface area contributed by atoms with Crippen molar-refractivity contribution in [1.29, 1.82) is 0 Å². The molecule has 0 bridgehead atoms. The van der Waals surface area contributed by atoms with Crippen molar-refractivity contribution >= 4 is 17.4 Å². The van der Waals surface area contributed by atoms with E-state index in [4.69, 9.17) is 14.2 Å². The van der Waals surface area contributed by atoms with E-state index in [0.29, 0.717) is 50.1 Å². The molecule has 2 amide bonds. The Morgan fingerprint density at radius 3 is 2.57 bits per heavy atom. The highest BCUT2D eigenvalue weighted by atomic mass is 16.6. The maximum atomic E-state index is 12.6. The summed E-state index contributed by atoms with van der Waals surface area (Å²) in [6, 6.07) is 13.4. The number of hydrogen-bond acceptors (Lipinski definition) is 5. The highest BCUT2D eigenvalue weighted by Gasteiger charge is 2.23. The van der Waals surface area contributed by atoms with Crippen LogP contribution in [0.25, 0.3) is 0 Å². The first-order valence-corrected chi connectivity index (χ1v) is 9.67. The molecule has 2 aromatic rings. The van der Waals surface area contributed by atoms with E-state index in [1.807, 2.05) is 42.2 Å². The Hall–Kier alpha value is -3.09. The number of nitrogens with one attached hydrogen (secondary N) is 1. The minimum absolute atomic E-state index is 0.102. The van der Waals surface area contributed by atoms with Crippen LogP contribution in [0.5, 0.6) is 17.2 Å². The molecule has 7 nitrogen and oxygen atoms in total. The molecule has 1 fully saturated rings. The lowest BCUT2D eigenvalue weighted by atomic mass is 10.2. The monoisotopic (exact) mass is 383 g/mol. The van der Waals surface area contributed by atoms with E-state index >= 15 is 0 Å². The smallest absolute Gasteiger partial charge is 0.321 e. The molecule has 28 heavy (non-hydrogen) atoms. The van der Waals surface area contributed by atoms with E-state index in [1.165, 1.54) is 0 Å². The second kappa shape index (κ2) is 8.29. The molecule has 2 heterocycles. The molecule has 0 spiro atoms. The van der Waals surface area contributed by atoms with Crippen molar-refractivity contribution in [3.05, 3.63) is 42.5 Å². The lowest BCUT2D eigenvalue weighted by Crippen LogP contribution is -2.50. The molecule has 7 heteroatoms. The first-order chi connectivity index (χ1) is 13.7. The number of piperazine rings is 1. The normalized spacial score (nSPS) is 15.9. The SMILES string of the molecule is CCOc1ccccc1N1CCN(C(=O)Nc2ccc3c(c2)OCCO3)CC1. The Morgan fingerprint density at radius 1 is 1.04 bits per heavy atom. The van der Waals surface area contributed by atoms with Gasteiger partial charge in [0, 0.05) is 37.9 Å². The molecule has 2 aromatic carbocycles. The fourth-order valence-electron chi connectivity index (χ4n) is 3.47. The van der Waals surface area contributed by atoms with Gasteiger partial charge in [0.25, 0.3) is 0 Å². The Morgan fingerprint density at radius 2 is 1.79 bits per heavy atom. The Labute approximate surface area is 164 Å². The highest BCUT2D eigenvalue weighted by Crippen LogP contribution is 2.33. The van der Waals surface area contributed by atoms with Gasteiger partial charge in [-0.05, 0) is 31.2 Å². The zero-order valence-corrected chi connectivity index (χ0v) is 16.0. The lowest BCUT2D eigenvalue weighted by Gasteiger charge is -2.36. The van der Waals surface area contributed by atoms with E-state index in [9.17, 15) is 4.79 Å². The number of rotatable bonds is 4. The van der Waals surface area contributed by atoms with Gasteiger partial charge in [-0.15, -0.1) is 0 Å². The van der Waals surface area contributed by atoms with Crippen LogP contribution in [0.2, 0.25) is 0 Å². The molecule has 2 aliphatic heterocycles. The molecule has 148 valence electrons. The van der Waals surface area contributed by atoms with Gasteiger partial charge in [0.1, 0.15) is 19.0 Å². The van der Waals surface area contributed by atoms with Crippen LogP contribution in [-0.4, -0.2) is 56.9 Å². The quantitative estimate of drug-likeness (QED) is 0.878. The molecule has 0 atom stereocenters. The minimum atomic E-state index is -0.102. The van der Waals surface area contributed by atoms with Gasteiger partial charge in [0.05, 0.1) is 12.3 Å². The number of amides is 2. The predicted molar refractivity (Wildman–Crippen MR) is 108 cm³/mol. The Kier molecular flexibility index (Phi) is 5.41. The number of hydrogen-bond donors (Lipinski definition) is 1. The van der Waals surface area contributed by atoms with Crippen LogP contribution in [0.1, 0.15) is 6.92 Å². The second-order valence-electron chi connectivity index (χ2n) is 6.66. The van der Waals surface area contributed by atoms with Crippen LogP contribution >= 0.6 is 0 Å². The van der Waals surface area contributed by atoms with E-state index < -0.39 is 0 Å². The Balaban J connectivity index is 1.35. The van der Waals surface area contributed by atoms with Crippen molar-refractivity contribution in [2.75, 3.05) is 56.2 Å². The minimum Gasteiger partial charge on any atom is -0.492 e. The third-order valence-electron chi connectivity index (χ3n) is 4.87. The van der Waals surface area contributed by atoms with Gasteiger partial charge in [0.2, 0.25) is 0 Å². The molecule has 0 aromatic heterocycles. The summed E-state index contributed by atoms with van der Waals surface area (Å²) in [5.41, 5.74) is 1.79. The van der Waals surface area contributed by atoms with E-state index in [0.717, 1.165) is 24.5 Å². The molecule has 0 radical (unpaired) electrons. The second-order valence-corrected chi connectivity index (χ2v) is 6.66. The fraction of sp³-hybridized carbons (Fsp3) is 0.381. The fourth-order valence-corrected chi connectivity index (χ4v) is 3.47. The standard InChI is InChI=1S/C21H25N3O4/c1-2-26-18-6-4-3-5-17(18)23-9-11-24(12-10-23)21(25)22-16-7-8-19-20(15-16)28-14-13-27-19/h3-8,15H,2,9-14H2,1H3,(H,22,25). The number of nitrogens with zero attached hydrogens (tertiary/aromatic N) is 2. The van der Waals surface area contributed by atoms with Gasteiger partial charge >= 0.3 is 6.03 Å². The number of para-hydroxylation sites is 2. The summed E-state index contributed by atoms with van der Waals surface area (Å²) in [6.07, 6.45) is 0. The first kappa shape index (κ1) is 18.3. The number of carbonyl (C=O) groups excluding carboxylic acids is 1. The van der Waals surface area contributed by atoms with Crippen molar-refractivity contribution < 1.29 is 19.0 Å². The molecule has 1 saturated heterocycles. The van der Waals surface area contributed by atoms with Crippen LogP contribution in [0.4, 0.5) is 16.2 Å². The van der Waals surface area contributed by atoms with Crippen molar-refractivity contribution in [2.45, 2.75) is 6.92 Å². The zero-order chi connectivity index (χ0) is 19.3. The van der Waals surface area contributed by atoms with E-state index in [2.05, 4.69) is 16.3 Å². The first-order valence-electron chi connectivity index (χ1n) is 9.67. The number of urea groups is 1. The van der Waals surface area contributed by atoms with Gasteiger partial charge < -0.3 is 29.3 Å². The third kappa shape index (κ3) is 3.93. The molecular weight excluding hydrogens is 358 g/mol. The van der Waals surface area contributed by atoms with Gasteiger partial charge in [-0.2, -0.15) is 0 Å². The van der Waals surface area contributed by atoms with Crippen molar-refractivity contribution in [1.82, 2.24) is 4.90 Å². The summed E-state index contributed by atoms with van der Waals surface area (Å²) in [6.45, 7) is 6.52. The number of benzene rings is 2. The number of carbonyl (C=O) groups is 1. The van der Waals surface area contributed by atoms with Gasteiger partial charge in [0.15, 0.2) is 11.5 Å². The lowest BCUT2D eigenvalue weighted by molar-refractivity contribution is 0.171. The summed E-state index contributed by atoms with van der Waals surface area (Å²) >= 11 is 0. The zero-order valence-electron chi connectivity index (χ0n) is 16.0. The van der Waals surface area contributed by atoms with Crippen molar-refractivity contribution in [3.8, 4) is 17.2 Å². The molecule has 2 aliphatic rings.